The van der Waals surface area contributed by atoms with Crippen LogP contribution >= 0.6 is 0 Å². The highest BCUT2D eigenvalue weighted by molar-refractivity contribution is 5.73. The van der Waals surface area contributed by atoms with E-state index in [0.717, 1.165) is 4.90 Å². The van der Waals surface area contributed by atoms with Crippen LogP contribution in [0.25, 0.3) is 0 Å². The molecular formula is C9H14F3NO2. The van der Waals surface area contributed by atoms with E-state index in [1.54, 1.807) is 0 Å². The van der Waals surface area contributed by atoms with Gasteiger partial charge in [0.15, 0.2) is 0 Å². The Labute approximate surface area is 85.9 Å². The van der Waals surface area contributed by atoms with Crippen LogP contribution in [0.4, 0.5) is 13.2 Å². The molecule has 1 aliphatic rings. The van der Waals surface area contributed by atoms with Crippen LogP contribution in [0.3, 0.4) is 0 Å². The van der Waals surface area contributed by atoms with Crippen molar-refractivity contribution in [3.8, 4) is 0 Å². The van der Waals surface area contributed by atoms with Crippen LogP contribution in [0.2, 0.25) is 0 Å². The zero-order valence-electron chi connectivity index (χ0n) is 8.42. The van der Waals surface area contributed by atoms with Crippen LogP contribution < -0.4 is 0 Å². The van der Waals surface area contributed by atoms with E-state index < -0.39 is 24.7 Å². The summed E-state index contributed by atoms with van der Waals surface area (Å²) in [5, 5.41) is 8.81. The fraction of sp³-hybridized carbons (Fsp3) is 0.889. The Hall–Kier alpha value is -0.780. The van der Waals surface area contributed by atoms with Gasteiger partial charge in [0, 0.05) is 0 Å². The third-order valence-corrected chi connectivity index (χ3v) is 2.64. The first-order valence-electron chi connectivity index (χ1n) is 4.83. The number of alkyl halides is 3. The zero-order chi connectivity index (χ0) is 11.6. The maximum atomic E-state index is 12.1. The Morgan fingerprint density at radius 3 is 2.60 bits per heavy atom. The van der Waals surface area contributed by atoms with Gasteiger partial charge < -0.3 is 5.11 Å². The van der Waals surface area contributed by atoms with Gasteiger partial charge in [-0.25, -0.2) is 0 Å². The SMILES string of the molecule is CC1CCN(CC(F)(F)F)C(C(=O)O)C1. The summed E-state index contributed by atoms with van der Waals surface area (Å²) in [6.07, 6.45) is -3.40. The van der Waals surface area contributed by atoms with Crippen molar-refractivity contribution in [2.75, 3.05) is 13.1 Å². The van der Waals surface area contributed by atoms with E-state index in [0.29, 0.717) is 12.8 Å². The molecule has 6 heteroatoms. The lowest BCUT2D eigenvalue weighted by Crippen LogP contribution is -2.50. The highest BCUT2D eigenvalue weighted by Gasteiger charge is 2.39. The fourth-order valence-electron chi connectivity index (χ4n) is 1.87. The molecule has 1 aliphatic heterocycles. The second-order valence-electron chi connectivity index (χ2n) is 4.07. The van der Waals surface area contributed by atoms with Crippen LogP contribution in [-0.4, -0.2) is 41.3 Å². The molecule has 1 rings (SSSR count). The summed E-state index contributed by atoms with van der Waals surface area (Å²) >= 11 is 0. The van der Waals surface area contributed by atoms with Crippen LogP contribution in [0.5, 0.6) is 0 Å². The summed E-state index contributed by atoms with van der Waals surface area (Å²) in [6.45, 7) is 0.940. The van der Waals surface area contributed by atoms with Crippen molar-refractivity contribution in [1.29, 1.82) is 0 Å². The summed E-state index contributed by atoms with van der Waals surface area (Å²) in [7, 11) is 0. The number of nitrogens with zero attached hydrogens (tertiary/aromatic N) is 1. The van der Waals surface area contributed by atoms with Crippen LogP contribution in [0, 0.1) is 5.92 Å². The van der Waals surface area contributed by atoms with Crippen molar-refractivity contribution in [2.24, 2.45) is 5.92 Å². The standard InChI is InChI=1S/C9H14F3NO2/c1-6-2-3-13(5-9(10,11)12)7(4-6)8(14)15/h6-7H,2-5H2,1H3,(H,14,15). The lowest BCUT2D eigenvalue weighted by Gasteiger charge is -2.36. The molecule has 0 amide bonds. The summed E-state index contributed by atoms with van der Waals surface area (Å²) in [5.41, 5.74) is 0. The maximum Gasteiger partial charge on any atom is 0.401 e. The highest BCUT2D eigenvalue weighted by Crippen LogP contribution is 2.26. The molecule has 1 N–H and O–H groups in total. The Morgan fingerprint density at radius 1 is 1.53 bits per heavy atom. The number of likely N-dealkylation sites (tertiary alicyclic amines) is 1. The maximum absolute atomic E-state index is 12.1. The van der Waals surface area contributed by atoms with Crippen molar-refractivity contribution in [3.63, 3.8) is 0 Å². The smallest absolute Gasteiger partial charge is 0.401 e. The minimum Gasteiger partial charge on any atom is -0.480 e. The Kier molecular flexibility index (Phi) is 3.59. The molecule has 0 saturated carbocycles. The molecule has 88 valence electrons. The zero-order valence-corrected chi connectivity index (χ0v) is 8.42. The largest absolute Gasteiger partial charge is 0.480 e. The molecule has 0 aromatic carbocycles. The first-order chi connectivity index (χ1) is 6.79. The molecule has 0 spiro atoms. The molecular weight excluding hydrogens is 211 g/mol. The van der Waals surface area contributed by atoms with Crippen molar-refractivity contribution in [1.82, 2.24) is 4.90 Å². The summed E-state index contributed by atoms with van der Waals surface area (Å²) in [4.78, 5) is 11.8. The van der Waals surface area contributed by atoms with Gasteiger partial charge >= 0.3 is 12.1 Å². The normalized spacial score (nSPS) is 29.1. The van der Waals surface area contributed by atoms with Crippen molar-refractivity contribution in [2.45, 2.75) is 32.0 Å². The number of hydrogen-bond acceptors (Lipinski definition) is 2. The second kappa shape index (κ2) is 4.38. The molecule has 2 atom stereocenters. The van der Waals surface area contributed by atoms with Gasteiger partial charge in [-0.05, 0) is 25.3 Å². The van der Waals surface area contributed by atoms with Crippen LogP contribution in [0.1, 0.15) is 19.8 Å². The van der Waals surface area contributed by atoms with Gasteiger partial charge in [0.25, 0.3) is 0 Å². The number of hydrogen-bond donors (Lipinski definition) is 1. The molecule has 0 bridgehead atoms. The first-order valence-corrected chi connectivity index (χ1v) is 4.83. The fourth-order valence-corrected chi connectivity index (χ4v) is 1.87. The predicted octanol–water partition coefficient (Wildman–Crippen LogP) is 1.73. The number of carboxylic acids is 1. The number of carbonyl (C=O) groups is 1. The van der Waals surface area contributed by atoms with Crippen LogP contribution in [-0.2, 0) is 4.79 Å². The third-order valence-electron chi connectivity index (χ3n) is 2.64. The first kappa shape index (κ1) is 12.3. The lowest BCUT2D eigenvalue weighted by atomic mass is 9.92. The van der Waals surface area contributed by atoms with Gasteiger partial charge in [-0.2, -0.15) is 13.2 Å². The lowest BCUT2D eigenvalue weighted by molar-refractivity contribution is -0.166. The summed E-state index contributed by atoms with van der Waals surface area (Å²) < 4.78 is 36.4. The van der Waals surface area contributed by atoms with E-state index in [-0.39, 0.29) is 12.5 Å². The average molecular weight is 225 g/mol. The van der Waals surface area contributed by atoms with Gasteiger partial charge in [0.2, 0.25) is 0 Å². The van der Waals surface area contributed by atoms with Gasteiger partial charge in [-0.3, -0.25) is 9.69 Å². The van der Waals surface area contributed by atoms with Crippen molar-refractivity contribution >= 4 is 5.97 Å². The minimum atomic E-state index is -4.33. The van der Waals surface area contributed by atoms with E-state index in [9.17, 15) is 18.0 Å². The molecule has 1 heterocycles. The van der Waals surface area contributed by atoms with E-state index in [4.69, 9.17) is 5.11 Å². The number of rotatable bonds is 2. The second-order valence-corrected chi connectivity index (χ2v) is 4.07. The number of carboxylic acid groups (broad SMARTS) is 1. The summed E-state index contributed by atoms with van der Waals surface area (Å²) in [6, 6.07) is -0.990. The Balaban J connectivity index is 2.65. The van der Waals surface area contributed by atoms with Crippen LogP contribution in [0.15, 0.2) is 0 Å². The number of aliphatic carboxylic acids is 1. The molecule has 0 aromatic heterocycles. The average Bonchev–Trinajstić information content (AvgIpc) is 2.05. The quantitative estimate of drug-likeness (QED) is 0.778. The van der Waals surface area contributed by atoms with E-state index in [1.807, 2.05) is 6.92 Å². The Morgan fingerprint density at radius 2 is 2.13 bits per heavy atom. The van der Waals surface area contributed by atoms with Gasteiger partial charge in [-0.1, -0.05) is 6.92 Å². The predicted molar refractivity (Wildman–Crippen MR) is 47.4 cm³/mol. The van der Waals surface area contributed by atoms with Gasteiger partial charge in [0.05, 0.1) is 6.54 Å². The topological polar surface area (TPSA) is 40.5 Å². The molecule has 3 nitrogen and oxygen atoms in total. The van der Waals surface area contributed by atoms with Gasteiger partial charge in [0.1, 0.15) is 6.04 Å². The molecule has 1 fully saturated rings. The molecule has 0 aliphatic carbocycles. The monoisotopic (exact) mass is 225 g/mol. The van der Waals surface area contributed by atoms with Gasteiger partial charge in [-0.15, -0.1) is 0 Å². The minimum absolute atomic E-state index is 0.176. The number of halogens is 3. The van der Waals surface area contributed by atoms with Crippen molar-refractivity contribution in [3.05, 3.63) is 0 Å². The molecule has 2 unspecified atom stereocenters. The van der Waals surface area contributed by atoms with E-state index in [2.05, 4.69) is 0 Å². The highest BCUT2D eigenvalue weighted by atomic mass is 19.4. The number of piperidine rings is 1. The molecule has 0 aromatic rings. The molecule has 1 saturated heterocycles. The molecule has 15 heavy (non-hydrogen) atoms. The van der Waals surface area contributed by atoms with E-state index >= 15 is 0 Å². The van der Waals surface area contributed by atoms with Crippen molar-refractivity contribution < 1.29 is 23.1 Å². The molecule has 0 radical (unpaired) electrons. The summed E-state index contributed by atoms with van der Waals surface area (Å²) in [5.74, 6) is -0.985. The third kappa shape index (κ3) is 3.70. The van der Waals surface area contributed by atoms with E-state index in [1.165, 1.54) is 0 Å². The Bertz CT molecular complexity index is 242.